The van der Waals surface area contributed by atoms with Gasteiger partial charge in [0.05, 0.1) is 65.0 Å². The quantitative estimate of drug-likeness (QED) is 0.0394. The molecular formula is C69H74O18. The van der Waals surface area contributed by atoms with Crippen molar-refractivity contribution in [1.29, 1.82) is 0 Å². The molecule has 7 aromatic carbocycles. The molecule has 0 amide bonds. The Labute approximate surface area is 506 Å². The maximum atomic E-state index is 14.7. The fourth-order valence-electron chi connectivity index (χ4n) is 10.7. The van der Waals surface area contributed by atoms with Crippen LogP contribution in [0.25, 0.3) is 0 Å². The Morgan fingerprint density at radius 1 is 0.379 bits per heavy atom. The van der Waals surface area contributed by atoms with E-state index >= 15 is 0 Å². The van der Waals surface area contributed by atoms with Crippen LogP contribution in [0.2, 0.25) is 0 Å². The number of carbonyl (C=O) groups is 2. The summed E-state index contributed by atoms with van der Waals surface area (Å²) in [6.45, 7) is 0.528. The molecular weight excluding hydrogens is 1120 g/mol. The molecule has 3 aliphatic rings. The molecule has 3 fully saturated rings. The van der Waals surface area contributed by atoms with Crippen molar-refractivity contribution in [3.8, 4) is 0 Å². The topological polar surface area (TPSA) is 215 Å². The molecule has 3 saturated heterocycles. The summed E-state index contributed by atoms with van der Waals surface area (Å²) in [5, 5.41) is 34.2. The second kappa shape index (κ2) is 32.2. The molecule has 0 aromatic heterocycles. The SMILES string of the molecule is CC(=O)O[C@@H]1[C@H](O[C@@H]2O[C@H](COCc3ccccc3)[C@@H](OCc3ccccc3)[C@H](OCc3ccccc3)[C@H]2OC(=O)c2ccccc2)[C@@H](OCc2ccccc2)[C@H](O[C@@H]2[C@@H](OCc3ccccc3)[C@@H](O)[C@@H](CO)O[C@H]2O)O[C@@H]1COCc1ccccc1. The van der Waals surface area contributed by atoms with E-state index < -0.39 is 111 Å². The molecule has 0 unspecified atom stereocenters. The van der Waals surface area contributed by atoms with Crippen LogP contribution in [0.15, 0.2) is 212 Å². The van der Waals surface area contributed by atoms with Gasteiger partial charge in [-0.15, -0.1) is 0 Å². The normalized spacial score (nSPS) is 27.2. The Kier molecular flexibility index (Phi) is 23.3. The lowest BCUT2D eigenvalue weighted by Crippen LogP contribution is -2.68. The van der Waals surface area contributed by atoms with Gasteiger partial charge in [0.25, 0.3) is 0 Å². The van der Waals surface area contributed by atoms with Crippen molar-refractivity contribution < 1.29 is 86.5 Å². The summed E-state index contributed by atoms with van der Waals surface area (Å²) < 4.78 is 87.2. The highest BCUT2D eigenvalue weighted by Gasteiger charge is 2.58. The van der Waals surface area contributed by atoms with E-state index in [0.717, 1.165) is 27.8 Å². The number of hydrogen-bond donors (Lipinski definition) is 3. The fraction of sp³-hybridized carbons (Fsp3) is 0.362. The van der Waals surface area contributed by atoms with Crippen LogP contribution < -0.4 is 0 Å². The van der Waals surface area contributed by atoms with Gasteiger partial charge in [-0.3, -0.25) is 4.79 Å². The number of benzene rings is 7. The van der Waals surface area contributed by atoms with Gasteiger partial charge < -0.3 is 76.9 Å². The van der Waals surface area contributed by atoms with Gasteiger partial charge in [0.1, 0.15) is 61.0 Å². The van der Waals surface area contributed by atoms with E-state index in [-0.39, 0.29) is 58.4 Å². The first-order valence-corrected chi connectivity index (χ1v) is 29.2. The van der Waals surface area contributed by atoms with Crippen LogP contribution in [-0.2, 0) is 106 Å². The zero-order valence-corrected chi connectivity index (χ0v) is 48.2. The smallest absolute Gasteiger partial charge is 0.338 e. The van der Waals surface area contributed by atoms with Crippen molar-refractivity contribution in [2.24, 2.45) is 0 Å². The van der Waals surface area contributed by atoms with Gasteiger partial charge in [-0.05, 0) is 45.5 Å². The van der Waals surface area contributed by atoms with Gasteiger partial charge in [0, 0.05) is 6.92 Å². The van der Waals surface area contributed by atoms with Crippen LogP contribution in [0.3, 0.4) is 0 Å². The predicted octanol–water partition coefficient (Wildman–Crippen LogP) is 8.21. The number of ether oxygens (including phenoxy) is 13. The lowest BCUT2D eigenvalue weighted by Gasteiger charge is -2.51. The number of rotatable bonds is 28. The van der Waals surface area contributed by atoms with Crippen molar-refractivity contribution in [3.63, 3.8) is 0 Å². The van der Waals surface area contributed by atoms with Crippen molar-refractivity contribution >= 4 is 11.9 Å². The van der Waals surface area contributed by atoms with E-state index in [1.165, 1.54) is 6.92 Å². The summed E-state index contributed by atoms with van der Waals surface area (Å²) in [6, 6.07) is 65.0. The van der Waals surface area contributed by atoms with Crippen LogP contribution in [0.5, 0.6) is 0 Å². The van der Waals surface area contributed by atoms with Gasteiger partial charge in [-0.1, -0.05) is 200 Å². The van der Waals surface area contributed by atoms with Crippen molar-refractivity contribution in [1.82, 2.24) is 0 Å². The Balaban J connectivity index is 1.09. The molecule has 0 radical (unpaired) electrons. The van der Waals surface area contributed by atoms with Gasteiger partial charge in [-0.25, -0.2) is 4.79 Å². The standard InChI is InChI=1S/C69H74O18/c1-46(71)81-59-56(45-76-39-48-25-11-3-12-26-48)84-68(87-63-60(57(72)54(37-70)82-67(63)74)78-41-50-29-15-5-16-30-50)64(80-43-52-33-19-7-20-34-52)62(59)86-69-65(85-66(73)53-35-21-8-22-36-53)61(79-42-51-31-17-6-18-32-51)58(77-40-49-27-13-4-14-28-49)55(83-69)44-75-38-47-23-9-2-10-24-47/h2-36,54-65,67-70,72,74H,37-45H2,1H3/t54-,55-,56-,57+,58-,59+,60+,61+,62+,63-,64-,65-,67-,68+,69+/m1/s1. The van der Waals surface area contributed by atoms with Crippen LogP contribution >= 0.6 is 0 Å². The minimum atomic E-state index is -1.82. The van der Waals surface area contributed by atoms with Gasteiger partial charge in [0.15, 0.2) is 31.1 Å². The summed E-state index contributed by atoms with van der Waals surface area (Å²) in [5.41, 5.74) is 5.05. The van der Waals surface area contributed by atoms with Crippen molar-refractivity contribution in [2.45, 2.75) is 139 Å². The van der Waals surface area contributed by atoms with Crippen LogP contribution in [-0.4, -0.2) is 139 Å². The molecule has 458 valence electrons. The molecule has 0 aliphatic carbocycles. The third kappa shape index (κ3) is 17.6. The molecule has 18 nitrogen and oxygen atoms in total. The maximum Gasteiger partial charge on any atom is 0.338 e. The first-order chi connectivity index (χ1) is 42.7. The summed E-state index contributed by atoms with van der Waals surface area (Å²) in [5.74, 6) is -1.47. The summed E-state index contributed by atoms with van der Waals surface area (Å²) in [6.07, 6.45) is -21.0. The average Bonchev–Trinajstić information content (AvgIpc) is 1.37. The molecule has 18 heteroatoms. The Bertz CT molecular complexity index is 3100. The summed E-state index contributed by atoms with van der Waals surface area (Å²) >= 11 is 0. The largest absolute Gasteiger partial charge is 0.457 e. The lowest BCUT2D eigenvalue weighted by atomic mass is 9.95. The lowest BCUT2D eigenvalue weighted by molar-refractivity contribution is -0.391. The molecule has 3 heterocycles. The second-order valence-electron chi connectivity index (χ2n) is 21.4. The molecule has 3 N–H and O–H groups in total. The highest BCUT2D eigenvalue weighted by atomic mass is 16.8. The van der Waals surface area contributed by atoms with E-state index in [1.54, 1.807) is 30.3 Å². The Hall–Kier alpha value is -7.08. The van der Waals surface area contributed by atoms with E-state index in [4.69, 9.17) is 61.6 Å². The molecule has 0 bridgehead atoms. The molecule has 7 aromatic rings. The number of hydrogen-bond acceptors (Lipinski definition) is 18. The molecule has 3 aliphatic heterocycles. The number of aliphatic hydroxyl groups is 3. The Morgan fingerprint density at radius 3 is 1.18 bits per heavy atom. The minimum absolute atomic E-state index is 0.0234. The van der Waals surface area contributed by atoms with Crippen molar-refractivity contribution in [3.05, 3.63) is 251 Å². The third-order valence-corrected chi connectivity index (χ3v) is 15.1. The molecule has 15 atom stereocenters. The van der Waals surface area contributed by atoms with E-state index in [1.807, 2.05) is 182 Å². The molecule has 87 heavy (non-hydrogen) atoms. The predicted molar refractivity (Wildman–Crippen MR) is 315 cm³/mol. The highest BCUT2D eigenvalue weighted by molar-refractivity contribution is 5.89. The van der Waals surface area contributed by atoms with E-state index in [9.17, 15) is 24.9 Å². The zero-order chi connectivity index (χ0) is 60.2. The van der Waals surface area contributed by atoms with E-state index in [0.29, 0.717) is 5.56 Å². The second-order valence-corrected chi connectivity index (χ2v) is 21.4. The fourth-order valence-corrected chi connectivity index (χ4v) is 10.7. The molecule has 10 rings (SSSR count). The summed E-state index contributed by atoms with van der Waals surface area (Å²) in [7, 11) is 0. The first kappa shape index (κ1) is 63.0. The highest BCUT2D eigenvalue weighted by Crippen LogP contribution is 2.39. The van der Waals surface area contributed by atoms with Crippen molar-refractivity contribution in [2.75, 3.05) is 19.8 Å². The van der Waals surface area contributed by atoms with Crippen LogP contribution in [0.1, 0.15) is 50.7 Å². The molecule has 0 spiro atoms. The number of aliphatic hydroxyl groups excluding tert-OH is 3. The van der Waals surface area contributed by atoms with Gasteiger partial charge in [-0.2, -0.15) is 0 Å². The van der Waals surface area contributed by atoms with Gasteiger partial charge in [0.2, 0.25) is 0 Å². The van der Waals surface area contributed by atoms with Crippen LogP contribution in [0.4, 0.5) is 0 Å². The average molecular weight is 1190 g/mol. The Morgan fingerprint density at radius 2 is 0.747 bits per heavy atom. The number of esters is 2. The third-order valence-electron chi connectivity index (χ3n) is 15.1. The monoisotopic (exact) mass is 1190 g/mol. The zero-order valence-electron chi connectivity index (χ0n) is 48.2. The van der Waals surface area contributed by atoms with E-state index in [2.05, 4.69) is 0 Å². The number of carbonyl (C=O) groups excluding carboxylic acids is 2. The maximum absolute atomic E-state index is 14.7. The first-order valence-electron chi connectivity index (χ1n) is 29.2. The molecule has 0 saturated carbocycles. The minimum Gasteiger partial charge on any atom is -0.457 e. The van der Waals surface area contributed by atoms with Gasteiger partial charge >= 0.3 is 11.9 Å². The summed E-state index contributed by atoms with van der Waals surface area (Å²) in [4.78, 5) is 28.4. The van der Waals surface area contributed by atoms with Crippen LogP contribution in [0, 0.1) is 0 Å².